The molecular formula is C39H60KN3O14. The molecule has 0 aliphatic heterocycles. The minimum atomic E-state index is -1.01. The van der Waals surface area contributed by atoms with Crippen LogP contribution in [0.2, 0.25) is 0 Å². The van der Waals surface area contributed by atoms with Gasteiger partial charge in [-0.3, -0.25) is 9.59 Å². The Labute approximate surface area is 377 Å². The Bertz CT molecular complexity index is 1720. The maximum atomic E-state index is 12.0. The molecule has 0 aliphatic rings. The number of carboxylic acids is 1. The van der Waals surface area contributed by atoms with Crippen LogP contribution in [0.3, 0.4) is 0 Å². The van der Waals surface area contributed by atoms with Gasteiger partial charge in [-0.15, -0.1) is 0 Å². The number of esters is 3. The first-order valence-electron chi connectivity index (χ1n) is 17.8. The van der Waals surface area contributed by atoms with Crippen LogP contribution < -0.4 is 51.4 Å². The van der Waals surface area contributed by atoms with Crippen LogP contribution in [0.15, 0.2) is 0 Å². The van der Waals surface area contributed by atoms with Gasteiger partial charge in [0.1, 0.15) is 11.3 Å². The van der Waals surface area contributed by atoms with E-state index in [1.165, 1.54) is 0 Å². The van der Waals surface area contributed by atoms with E-state index < -0.39 is 30.0 Å². The molecule has 0 saturated carbocycles. The number of aryl methyl sites for hydroxylation is 3. The van der Waals surface area contributed by atoms with Crippen LogP contribution in [-0.2, 0) is 28.4 Å². The number of nitrogens with one attached hydrogen (secondary N) is 3. The summed E-state index contributed by atoms with van der Waals surface area (Å²) in [4.78, 5) is 75.3. The molecule has 0 aliphatic carbocycles. The Balaban J connectivity index is -0.000000693. The Morgan fingerprint density at radius 1 is 0.596 bits per heavy atom. The molecule has 5 N–H and O–H groups in total. The predicted molar refractivity (Wildman–Crippen MR) is 206 cm³/mol. The number of hydrogen-bond acceptors (Lipinski definition) is 13. The normalized spacial score (nSPS) is 10.2. The monoisotopic (exact) mass is 833 g/mol. The molecule has 0 fully saturated rings. The molecule has 3 aromatic heterocycles. The van der Waals surface area contributed by atoms with Gasteiger partial charge in [-0.05, 0) is 114 Å². The summed E-state index contributed by atoms with van der Waals surface area (Å²) in [6.45, 7) is 26.7. The number of carbonyl (C=O) groups is 6. The van der Waals surface area contributed by atoms with Crippen molar-refractivity contribution in [1.29, 1.82) is 0 Å². The van der Waals surface area contributed by atoms with Crippen LogP contribution in [0.25, 0.3) is 0 Å². The van der Waals surface area contributed by atoms with Crippen molar-refractivity contribution in [1.82, 2.24) is 15.0 Å². The molecule has 0 aromatic carbocycles. The van der Waals surface area contributed by atoms with E-state index in [1.54, 1.807) is 76.2 Å². The van der Waals surface area contributed by atoms with E-state index in [0.29, 0.717) is 108 Å². The molecule has 0 saturated heterocycles. The van der Waals surface area contributed by atoms with Crippen LogP contribution >= 0.6 is 0 Å². The number of rotatable bonds is 14. The van der Waals surface area contributed by atoms with Crippen LogP contribution in [0.5, 0.6) is 0 Å². The van der Waals surface area contributed by atoms with E-state index >= 15 is 0 Å². The third-order valence-electron chi connectivity index (χ3n) is 7.31. The van der Waals surface area contributed by atoms with E-state index in [0.717, 1.165) is 0 Å². The van der Waals surface area contributed by atoms with Crippen molar-refractivity contribution in [2.45, 2.75) is 109 Å². The first-order valence-corrected chi connectivity index (χ1v) is 17.8. The average molecular weight is 834 g/mol. The second kappa shape index (κ2) is 28.9. The third kappa shape index (κ3) is 18.8. The summed E-state index contributed by atoms with van der Waals surface area (Å²) in [6.07, 6.45) is 1.32. The Morgan fingerprint density at radius 3 is 1.25 bits per heavy atom. The zero-order valence-corrected chi connectivity index (χ0v) is 39.2. The van der Waals surface area contributed by atoms with Gasteiger partial charge in [0.05, 0.1) is 41.3 Å². The SMILES string of the molecule is CCOC(=O)c1c(C)[nH]c(C(=O)OC(C)(C)C)c1C.CCOC(=O)c1c(C)[nH]c(C=O)c1C.CCOC(OCC)OCC.Cc1[nH]c(C=O)c(C)c1C(=O)O.[K+].[OH-]. The molecule has 3 aromatic rings. The van der Waals surface area contributed by atoms with Gasteiger partial charge in [0, 0.05) is 36.9 Å². The number of H-pyrrole nitrogens is 3. The fourth-order valence-electron chi connectivity index (χ4n) is 4.96. The average Bonchev–Trinajstić information content (AvgIpc) is 3.68. The molecule has 0 spiro atoms. The number of carbonyl (C=O) groups excluding carboxylic acids is 5. The molecule has 0 atom stereocenters. The largest absolute Gasteiger partial charge is 1.00 e. The summed E-state index contributed by atoms with van der Waals surface area (Å²) in [5.74, 6) is -2.28. The van der Waals surface area contributed by atoms with E-state index in [-0.39, 0.29) is 68.4 Å². The van der Waals surface area contributed by atoms with Crippen LogP contribution in [0.4, 0.5) is 0 Å². The first kappa shape index (κ1) is 57.9. The fraction of sp³-hybridized carbons (Fsp3) is 0.538. The zero-order chi connectivity index (χ0) is 42.6. The second-order valence-corrected chi connectivity index (χ2v) is 12.6. The second-order valence-electron chi connectivity index (χ2n) is 12.6. The van der Waals surface area contributed by atoms with Crippen molar-refractivity contribution >= 4 is 36.4 Å². The van der Waals surface area contributed by atoms with Gasteiger partial charge in [-0.2, -0.15) is 0 Å². The molecule has 0 amide bonds. The van der Waals surface area contributed by atoms with Crippen molar-refractivity contribution in [3.63, 3.8) is 0 Å². The minimum absolute atomic E-state index is 0. The van der Waals surface area contributed by atoms with Crippen LogP contribution in [-0.4, -0.2) is 107 Å². The molecule has 18 heteroatoms. The maximum absolute atomic E-state index is 12.0. The number of ether oxygens (including phenoxy) is 6. The minimum Gasteiger partial charge on any atom is -0.870 e. The summed E-state index contributed by atoms with van der Waals surface area (Å²) in [5.41, 5.74) is 5.06. The van der Waals surface area contributed by atoms with E-state index in [4.69, 9.17) is 33.5 Å². The number of aromatic carboxylic acids is 1. The maximum Gasteiger partial charge on any atom is 1.00 e. The molecule has 57 heavy (non-hydrogen) atoms. The number of aromatic nitrogens is 3. The molecule has 0 bridgehead atoms. The van der Waals surface area contributed by atoms with Gasteiger partial charge in [-0.25, -0.2) is 19.2 Å². The molecule has 3 rings (SSSR count). The summed E-state index contributed by atoms with van der Waals surface area (Å²) in [5, 5.41) is 8.72. The van der Waals surface area contributed by atoms with Gasteiger partial charge in [-0.1, -0.05) is 0 Å². The number of aldehydes is 2. The summed E-state index contributed by atoms with van der Waals surface area (Å²) < 4.78 is 30.4. The molecular weight excluding hydrogens is 774 g/mol. The Morgan fingerprint density at radius 2 is 0.947 bits per heavy atom. The van der Waals surface area contributed by atoms with Crippen molar-refractivity contribution < 1.29 is 119 Å². The van der Waals surface area contributed by atoms with E-state index in [2.05, 4.69) is 15.0 Å². The van der Waals surface area contributed by atoms with Crippen LogP contribution in [0.1, 0.15) is 152 Å². The fourth-order valence-corrected chi connectivity index (χ4v) is 4.96. The van der Waals surface area contributed by atoms with Gasteiger partial charge < -0.3 is 54.0 Å². The van der Waals surface area contributed by atoms with Crippen molar-refractivity contribution in [3.05, 3.63) is 67.5 Å². The molecule has 17 nitrogen and oxygen atoms in total. The summed E-state index contributed by atoms with van der Waals surface area (Å²) in [7, 11) is 0. The molecule has 0 radical (unpaired) electrons. The molecule has 316 valence electrons. The van der Waals surface area contributed by atoms with Gasteiger partial charge >= 0.3 is 75.3 Å². The Hall–Kier alpha value is -3.46. The Kier molecular flexibility index (Phi) is 29.3. The predicted octanol–water partition coefficient (Wildman–Crippen LogP) is 3.73. The van der Waals surface area contributed by atoms with E-state index in [1.807, 2.05) is 20.8 Å². The van der Waals surface area contributed by atoms with Gasteiger partial charge in [0.2, 0.25) is 0 Å². The summed E-state index contributed by atoms with van der Waals surface area (Å²) >= 11 is 0. The van der Waals surface area contributed by atoms with Gasteiger partial charge in [0.25, 0.3) is 6.48 Å². The van der Waals surface area contributed by atoms with Crippen molar-refractivity contribution in [2.75, 3.05) is 33.0 Å². The quantitative estimate of drug-likeness (QED) is 0.0594. The zero-order valence-electron chi connectivity index (χ0n) is 36.1. The van der Waals surface area contributed by atoms with E-state index in [9.17, 15) is 28.8 Å². The van der Waals surface area contributed by atoms with Gasteiger partial charge in [0.15, 0.2) is 12.6 Å². The van der Waals surface area contributed by atoms with Crippen molar-refractivity contribution in [2.24, 2.45) is 0 Å². The number of carboxylic acid groups (broad SMARTS) is 1. The standard InChI is InChI=1S/C14H21NO4.C10H13NO3.C8H9NO3.C7H16O3.K.H2O/c1-7-18-12(16)10-8(2)11(15-9(10)3)13(17)19-14(4,5)6;1-4-14-10(13)9-6(2)8(5-12)11-7(9)3;1-4-6(3-10)9-5(2)7(4)8(11)12;1-4-8-7(9-5-2)10-6-3;;/h15H,7H2,1-6H3;5,11H,4H2,1-3H3;3,9H,1-2H3,(H,11,12);7H,4-6H2,1-3H3;;1H2/q;;;;+1;/p-1. The number of aromatic amines is 3. The topological polar surface area (TPSA) is 255 Å². The molecule has 0 unspecified atom stereocenters. The molecule has 3 heterocycles. The van der Waals surface area contributed by atoms with Crippen LogP contribution in [0, 0.1) is 41.5 Å². The number of hydrogen-bond donors (Lipinski definition) is 4. The summed E-state index contributed by atoms with van der Waals surface area (Å²) in [6, 6.07) is 0. The first-order chi connectivity index (χ1) is 25.7. The third-order valence-corrected chi connectivity index (χ3v) is 7.31. The smallest absolute Gasteiger partial charge is 0.870 e. The van der Waals surface area contributed by atoms with Crippen molar-refractivity contribution in [3.8, 4) is 0 Å².